The van der Waals surface area contributed by atoms with Crippen LogP contribution in [0.5, 0.6) is 0 Å². The minimum atomic E-state index is -0.0780. The lowest BCUT2D eigenvalue weighted by Crippen LogP contribution is -2.41. The lowest BCUT2D eigenvalue weighted by atomic mass is 10.1. The summed E-state index contributed by atoms with van der Waals surface area (Å²) in [6.07, 6.45) is 0.880. The molecule has 0 radical (unpaired) electrons. The Morgan fingerprint density at radius 1 is 1.26 bits per heavy atom. The zero-order chi connectivity index (χ0) is 15.8. The van der Waals surface area contributed by atoms with Crippen molar-refractivity contribution in [3.05, 3.63) is 35.6 Å². The van der Waals surface area contributed by atoms with E-state index >= 15 is 0 Å². The zero-order valence-electron chi connectivity index (χ0n) is 13.4. The number of rotatable bonds is 3. The summed E-state index contributed by atoms with van der Waals surface area (Å²) in [5.41, 5.74) is 2.21. The van der Waals surface area contributed by atoms with Gasteiger partial charge in [-0.3, -0.25) is 9.69 Å². The molecule has 2 saturated heterocycles. The summed E-state index contributed by atoms with van der Waals surface area (Å²) in [5.74, 6) is 1.10. The van der Waals surface area contributed by atoms with Gasteiger partial charge in [0.15, 0.2) is 0 Å². The molecule has 23 heavy (non-hydrogen) atoms. The molecule has 5 nitrogen and oxygen atoms in total. The molecule has 122 valence electrons. The number of para-hydroxylation sites is 1. The van der Waals surface area contributed by atoms with Gasteiger partial charge in [0.25, 0.3) is 0 Å². The first kappa shape index (κ1) is 14.7. The first-order valence-electron chi connectivity index (χ1n) is 8.34. The Kier molecular flexibility index (Phi) is 3.83. The largest absolute Gasteiger partial charge is 0.461 e. The maximum atomic E-state index is 12.1. The fourth-order valence-electron chi connectivity index (χ4n) is 3.68. The molecule has 2 fully saturated rings. The topological polar surface area (TPSA) is 54.7 Å². The van der Waals surface area contributed by atoms with Crippen molar-refractivity contribution in [1.29, 1.82) is 0 Å². The van der Waals surface area contributed by atoms with E-state index in [1.165, 1.54) is 10.9 Å². The van der Waals surface area contributed by atoms with E-state index < -0.39 is 0 Å². The van der Waals surface area contributed by atoms with Gasteiger partial charge < -0.3 is 14.5 Å². The highest BCUT2D eigenvalue weighted by molar-refractivity contribution is 5.82. The molecule has 1 aromatic carbocycles. The normalized spacial score (nSPS) is 25.3. The van der Waals surface area contributed by atoms with Crippen LogP contribution in [0, 0.1) is 5.92 Å². The first-order valence-corrected chi connectivity index (χ1v) is 8.34. The quantitative estimate of drug-likeness (QED) is 0.941. The van der Waals surface area contributed by atoms with Crippen LogP contribution in [0.15, 0.2) is 28.7 Å². The third kappa shape index (κ3) is 2.75. The number of ether oxygens (including phenoxy) is 1. The highest BCUT2D eigenvalue weighted by Gasteiger charge is 2.33. The van der Waals surface area contributed by atoms with E-state index in [0.29, 0.717) is 13.2 Å². The third-order valence-electron chi connectivity index (χ3n) is 4.80. The lowest BCUT2D eigenvalue weighted by Gasteiger charge is -2.27. The summed E-state index contributed by atoms with van der Waals surface area (Å²) in [4.78, 5) is 14.5. The number of nitrogens with zero attached hydrogens (tertiary/aromatic N) is 1. The number of hydrogen-bond acceptors (Lipinski definition) is 4. The number of fused-ring (bicyclic) bond motifs is 4. The number of aryl methyl sites for hydroxylation is 1. The Morgan fingerprint density at radius 2 is 2.13 bits per heavy atom. The lowest BCUT2D eigenvalue weighted by molar-refractivity contribution is -0.125. The van der Waals surface area contributed by atoms with E-state index in [1.807, 2.05) is 12.1 Å². The van der Waals surface area contributed by atoms with Crippen LogP contribution >= 0.6 is 0 Å². The molecule has 2 aromatic rings. The Morgan fingerprint density at radius 3 is 3.00 bits per heavy atom. The molecule has 3 heterocycles. The van der Waals surface area contributed by atoms with Crippen molar-refractivity contribution in [2.24, 2.45) is 5.92 Å². The van der Waals surface area contributed by atoms with Crippen molar-refractivity contribution in [1.82, 2.24) is 10.2 Å². The van der Waals surface area contributed by atoms with Crippen molar-refractivity contribution >= 4 is 16.9 Å². The van der Waals surface area contributed by atoms with Gasteiger partial charge in [0, 0.05) is 37.0 Å². The standard InChI is InChI=1S/C18H22N2O3/c1-2-16-15(14-5-3-4-6-17(14)23-16)9-20-7-12-10-22-11-13(8-20)19-18(12)21/h3-6,12-13H,2,7-11H2,1H3,(H,19,21)/t12-,13+/m1/s1. The molecule has 4 rings (SSSR count). The maximum Gasteiger partial charge on any atom is 0.227 e. The van der Waals surface area contributed by atoms with Crippen molar-refractivity contribution < 1.29 is 13.9 Å². The maximum absolute atomic E-state index is 12.1. The van der Waals surface area contributed by atoms with Crippen LogP contribution in [0.25, 0.3) is 11.0 Å². The Balaban J connectivity index is 1.64. The van der Waals surface area contributed by atoms with E-state index in [4.69, 9.17) is 9.15 Å². The van der Waals surface area contributed by atoms with Crippen LogP contribution in [0.1, 0.15) is 18.2 Å². The molecule has 2 atom stereocenters. The van der Waals surface area contributed by atoms with Crippen molar-refractivity contribution in [2.75, 3.05) is 26.3 Å². The summed E-state index contributed by atoms with van der Waals surface area (Å²) in [7, 11) is 0. The second-order valence-corrected chi connectivity index (χ2v) is 6.49. The van der Waals surface area contributed by atoms with Gasteiger partial charge >= 0.3 is 0 Å². The Bertz CT molecular complexity index is 724. The van der Waals surface area contributed by atoms with Crippen molar-refractivity contribution in [3.63, 3.8) is 0 Å². The molecular weight excluding hydrogens is 292 g/mol. The summed E-state index contributed by atoms with van der Waals surface area (Å²) in [5, 5.41) is 4.28. The van der Waals surface area contributed by atoms with E-state index in [-0.39, 0.29) is 17.9 Å². The number of amides is 1. The zero-order valence-corrected chi connectivity index (χ0v) is 13.4. The summed E-state index contributed by atoms with van der Waals surface area (Å²) >= 11 is 0. The summed E-state index contributed by atoms with van der Waals surface area (Å²) in [6, 6.07) is 8.28. The molecule has 0 saturated carbocycles. The SMILES string of the molecule is CCc1oc2ccccc2c1CN1C[C@H]2COC[C@@H](C1)C(=O)N2. The molecule has 0 unspecified atom stereocenters. The van der Waals surface area contributed by atoms with Gasteiger partial charge in [0.1, 0.15) is 11.3 Å². The molecule has 5 heteroatoms. The van der Waals surface area contributed by atoms with Crippen LogP contribution in [0.3, 0.4) is 0 Å². The smallest absolute Gasteiger partial charge is 0.227 e. The van der Waals surface area contributed by atoms with Crippen molar-refractivity contribution in [3.8, 4) is 0 Å². The van der Waals surface area contributed by atoms with Gasteiger partial charge in [0.2, 0.25) is 5.91 Å². The van der Waals surface area contributed by atoms with Crippen molar-refractivity contribution in [2.45, 2.75) is 25.9 Å². The van der Waals surface area contributed by atoms with Gasteiger partial charge in [0.05, 0.1) is 25.2 Å². The number of carbonyl (C=O) groups excluding carboxylic acids is 1. The van der Waals surface area contributed by atoms with Gasteiger partial charge in [-0.2, -0.15) is 0 Å². The molecule has 1 aromatic heterocycles. The number of carbonyl (C=O) groups is 1. The van der Waals surface area contributed by atoms with Crippen LogP contribution in [0.2, 0.25) is 0 Å². The molecule has 1 N–H and O–H groups in total. The van der Waals surface area contributed by atoms with Crippen LogP contribution in [-0.4, -0.2) is 43.2 Å². The number of furan rings is 1. The van der Waals surface area contributed by atoms with Crippen LogP contribution < -0.4 is 5.32 Å². The molecule has 0 aliphatic carbocycles. The molecule has 1 amide bonds. The van der Waals surface area contributed by atoms with E-state index in [1.54, 1.807) is 0 Å². The molecule has 2 aliphatic heterocycles. The first-order chi connectivity index (χ1) is 11.2. The minimum Gasteiger partial charge on any atom is -0.461 e. The van der Waals surface area contributed by atoms with Gasteiger partial charge in [-0.15, -0.1) is 0 Å². The summed E-state index contributed by atoms with van der Waals surface area (Å²) in [6.45, 7) is 5.63. The minimum absolute atomic E-state index is 0.0780. The van der Waals surface area contributed by atoms with E-state index in [2.05, 4.69) is 29.3 Å². The highest BCUT2D eigenvalue weighted by Crippen LogP contribution is 2.28. The number of benzene rings is 1. The molecule has 0 spiro atoms. The predicted molar refractivity (Wildman–Crippen MR) is 87.1 cm³/mol. The second-order valence-electron chi connectivity index (χ2n) is 6.49. The summed E-state index contributed by atoms with van der Waals surface area (Å²) < 4.78 is 11.6. The van der Waals surface area contributed by atoms with Gasteiger partial charge in [-0.25, -0.2) is 0 Å². The monoisotopic (exact) mass is 314 g/mol. The average molecular weight is 314 g/mol. The van der Waals surface area contributed by atoms with Gasteiger partial charge in [-0.05, 0) is 6.07 Å². The fourth-order valence-corrected chi connectivity index (χ4v) is 3.68. The van der Waals surface area contributed by atoms with Gasteiger partial charge in [-0.1, -0.05) is 25.1 Å². The van der Waals surface area contributed by atoms with Crippen LogP contribution in [-0.2, 0) is 22.5 Å². The van der Waals surface area contributed by atoms with Crippen LogP contribution in [0.4, 0.5) is 0 Å². The highest BCUT2D eigenvalue weighted by atomic mass is 16.5. The molecule has 2 bridgehead atoms. The molecular formula is C18H22N2O3. The Labute approximate surface area is 135 Å². The van der Waals surface area contributed by atoms with E-state index in [0.717, 1.165) is 37.4 Å². The third-order valence-corrected chi connectivity index (χ3v) is 4.80. The number of nitrogens with one attached hydrogen (secondary N) is 1. The fraction of sp³-hybridized carbons (Fsp3) is 0.500. The second kappa shape index (κ2) is 5.98. The predicted octanol–water partition coefficient (Wildman–Crippen LogP) is 1.94. The van der Waals surface area contributed by atoms with E-state index in [9.17, 15) is 4.79 Å². The average Bonchev–Trinajstić information content (AvgIpc) is 2.69. The Hall–Kier alpha value is -1.85. The number of hydrogen-bond donors (Lipinski definition) is 1. The molecule has 2 aliphatic rings.